The van der Waals surface area contributed by atoms with Gasteiger partial charge >= 0.3 is 0 Å². The van der Waals surface area contributed by atoms with Gasteiger partial charge in [0.1, 0.15) is 5.75 Å². The van der Waals surface area contributed by atoms with Crippen molar-refractivity contribution < 1.29 is 14.3 Å². The summed E-state index contributed by atoms with van der Waals surface area (Å²) in [5.41, 5.74) is 2.99. The van der Waals surface area contributed by atoms with E-state index in [1.807, 2.05) is 53.7 Å². The van der Waals surface area contributed by atoms with E-state index in [-0.39, 0.29) is 16.9 Å². The summed E-state index contributed by atoms with van der Waals surface area (Å²) >= 11 is 5.33. The van der Waals surface area contributed by atoms with E-state index >= 15 is 0 Å². The van der Waals surface area contributed by atoms with Gasteiger partial charge in [0.05, 0.1) is 6.61 Å². The summed E-state index contributed by atoms with van der Waals surface area (Å²) in [6, 6.07) is 13.2. The van der Waals surface area contributed by atoms with Crippen LogP contribution in [-0.2, 0) is 4.79 Å². The molecule has 7 heteroatoms. The summed E-state index contributed by atoms with van der Waals surface area (Å²) in [5, 5.41) is 6.03. The Labute approximate surface area is 209 Å². The highest BCUT2D eigenvalue weighted by Crippen LogP contribution is 2.24. The van der Waals surface area contributed by atoms with Crippen molar-refractivity contribution >= 4 is 34.8 Å². The fourth-order valence-corrected chi connectivity index (χ4v) is 3.71. The Balaban J connectivity index is 1.82. The maximum atomic E-state index is 12.8. The fraction of sp³-hybridized carbons (Fsp3) is 0.444. The number of rotatable bonds is 10. The number of amides is 2. The Bertz CT molecular complexity index is 999. The molecule has 0 bridgehead atoms. The Morgan fingerprint density at radius 1 is 1.03 bits per heavy atom. The minimum Gasteiger partial charge on any atom is -0.493 e. The van der Waals surface area contributed by atoms with Gasteiger partial charge in [-0.15, -0.1) is 0 Å². The van der Waals surface area contributed by atoms with Gasteiger partial charge in [0.25, 0.3) is 5.91 Å². The average molecular weight is 484 g/mol. The molecule has 34 heavy (non-hydrogen) atoms. The van der Waals surface area contributed by atoms with Crippen LogP contribution in [0.1, 0.15) is 62.0 Å². The van der Waals surface area contributed by atoms with E-state index in [9.17, 15) is 9.59 Å². The van der Waals surface area contributed by atoms with Gasteiger partial charge in [-0.25, -0.2) is 0 Å². The summed E-state index contributed by atoms with van der Waals surface area (Å²) < 4.78 is 5.91. The Morgan fingerprint density at radius 3 is 2.29 bits per heavy atom. The number of hydrogen-bond acceptors (Lipinski definition) is 4. The average Bonchev–Trinajstić information content (AvgIpc) is 2.80. The smallest absolute Gasteiger partial charge is 0.253 e. The molecule has 2 N–H and O–H groups in total. The summed E-state index contributed by atoms with van der Waals surface area (Å²) in [7, 11) is 0. The van der Waals surface area contributed by atoms with Crippen LogP contribution in [0.3, 0.4) is 0 Å². The lowest BCUT2D eigenvalue weighted by molar-refractivity contribution is -0.128. The van der Waals surface area contributed by atoms with E-state index in [0.29, 0.717) is 37.4 Å². The molecule has 0 fully saturated rings. The zero-order valence-corrected chi connectivity index (χ0v) is 22.0. The Kier molecular flexibility index (Phi) is 10.1. The number of benzene rings is 2. The molecule has 184 valence electrons. The molecule has 2 aromatic rings. The first-order valence-electron chi connectivity index (χ1n) is 11.8. The topological polar surface area (TPSA) is 70.7 Å². The van der Waals surface area contributed by atoms with Crippen LogP contribution in [0.4, 0.5) is 5.69 Å². The number of carbonyl (C=O) groups excluding carboxylic acids is 2. The van der Waals surface area contributed by atoms with Gasteiger partial charge < -0.3 is 20.3 Å². The summed E-state index contributed by atoms with van der Waals surface area (Å²) in [5.74, 6) is 0.734. The number of anilines is 1. The van der Waals surface area contributed by atoms with Crippen molar-refractivity contribution in [2.24, 2.45) is 5.41 Å². The predicted molar refractivity (Wildman–Crippen MR) is 142 cm³/mol. The van der Waals surface area contributed by atoms with Gasteiger partial charge in [0.15, 0.2) is 5.11 Å². The second kappa shape index (κ2) is 12.5. The van der Waals surface area contributed by atoms with Gasteiger partial charge in [0, 0.05) is 29.8 Å². The van der Waals surface area contributed by atoms with E-state index in [0.717, 1.165) is 23.3 Å². The van der Waals surface area contributed by atoms with E-state index in [1.54, 1.807) is 29.2 Å². The van der Waals surface area contributed by atoms with E-state index < -0.39 is 5.41 Å². The SMILES string of the molecule is CCN(CC)C(=O)c1ccc(NC(=S)NC(=O)C(C)(C)CCCOc2cc(C)ccc2C)cc1. The highest BCUT2D eigenvalue weighted by atomic mass is 32.1. The molecule has 0 aliphatic heterocycles. The predicted octanol–water partition coefficient (Wildman–Crippen LogP) is 5.48. The number of thiocarbonyl (C=S) groups is 1. The number of nitrogens with one attached hydrogen (secondary N) is 2. The third kappa shape index (κ3) is 7.83. The van der Waals surface area contributed by atoms with Crippen molar-refractivity contribution in [2.75, 3.05) is 25.0 Å². The van der Waals surface area contributed by atoms with Crippen LogP contribution >= 0.6 is 12.2 Å². The summed E-state index contributed by atoms with van der Waals surface area (Å²) in [4.78, 5) is 27.0. The van der Waals surface area contributed by atoms with E-state index in [2.05, 4.69) is 16.7 Å². The van der Waals surface area contributed by atoms with Gasteiger partial charge in [-0.3, -0.25) is 9.59 Å². The minimum atomic E-state index is -0.600. The number of nitrogens with zero attached hydrogens (tertiary/aromatic N) is 1. The van der Waals surface area contributed by atoms with Crippen molar-refractivity contribution in [3.05, 3.63) is 59.2 Å². The molecule has 0 radical (unpaired) electrons. The molecule has 0 unspecified atom stereocenters. The van der Waals surface area contributed by atoms with Crippen molar-refractivity contribution in [1.29, 1.82) is 0 Å². The second-order valence-electron chi connectivity index (χ2n) is 9.07. The van der Waals surface area contributed by atoms with Gasteiger partial charge in [-0.05, 0) is 94.2 Å². The van der Waals surface area contributed by atoms with Crippen LogP contribution in [0.15, 0.2) is 42.5 Å². The fourth-order valence-electron chi connectivity index (χ4n) is 3.50. The van der Waals surface area contributed by atoms with Crippen LogP contribution in [0.5, 0.6) is 5.75 Å². The molecular formula is C27H37N3O3S. The van der Waals surface area contributed by atoms with Gasteiger partial charge in [0.2, 0.25) is 5.91 Å². The van der Waals surface area contributed by atoms with Crippen LogP contribution in [0.2, 0.25) is 0 Å². The Morgan fingerprint density at radius 2 is 1.68 bits per heavy atom. The Hall–Kier alpha value is -2.93. The maximum Gasteiger partial charge on any atom is 0.253 e. The maximum absolute atomic E-state index is 12.8. The lowest BCUT2D eigenvalue weighted by Gasteiger charge is -2.24. The second-order valence-corrected chi connectivity index (χ2v) is 9.48. The molecule has 0 aromatic heterocycles. The quantitative estimate of drug-likeness (QED) is 0.346. The van der Waals surface area contributed by atoms with Crippen LogP contribution in [0, 0.1) is 19.3 Å². The third-order valence-electron chi connectivity index (χ3n) is 5.83. The molecule has 6 nitrogen and oxygen atoms in total. The number of carbonyl (C=O) groups is 2. The number of aryl methyl sites for hydroxylation is 2. The lowest BCUT2D eigenvalue weighted by Crippen LogP contribution is -2.42. The van der Waals surface area contributed by atoms with Crippen molar-refractivity contribution in [3.63, 3.8) is 0 Å². The minimum absolute atomic E-state index is 0.00396. The summed E-state index contributed by atoms with van der Waals surface area (Å²) in [6.45, 7) is 13.6. The summed E-state index contributed by atoms with van der Waals surface area (Å²) in [6.07, 6.45) is 1.41. The van der Waals surface area contributed by atoms with Crippen LogP contribution in [0.25, 0.3) is 0 Å². The van der Waals surface area contributed by atoms with Crippen molar-refractivity contribution in [2.45, 2.75) is 54.4 Å². The first-order chi connectivity index (χ1) is 16.1. The zero-order valence-electron chi connectivity index (χ0n) is 21.2. The first kappa shape index (κ1) is 27.3. The van der Waals surface area contributed by atoms with Gasteiger partial charge in [-0.2, -0.15) is 0 Å². The molecular weight excluding hydrogens is 446 g/mol. The van der Waals surface area contributed by atoms with Crippen LogP contribution in [-0.4, -0.2) is 41.5 Å². The highest BCUT2D eigenvalue weighted by Gasteiger charge is 2.28. The van der Waals surface area contributed by atoms with E-state index in [4.69, 9.17) is 17.0 Å². The highest BCUT2D eigenvalue weighted by molar-refractivity contribution is 7.80. The molecule has 0 aliphatic carbocycles. The molecule has 0 aliphatic rings. The molecule has 0 atom stereocenters. The molecule has 0 saturated heterocycles. The lowest BCUT2D eigenvalue weighted by atomic mass is 9.87. The number of hydrogen-bond donors (Lipinski definition) is 2. The number of ether oxygens (including phenoxy) is 1. The standard InChI is InChI=1S/C27H37N3O3S/c1-7-30(8-2)24(31)21-12-14-22(15-13-21)28-26(34)29-25(32)27(5,6)16-9-17-33-23-18-19(3)10-11-20(23)4/h10-15,18H,7-9,16-17H2,1-6H3,(H2,28,29,32,34). The molecule has 2 amide bonds. The van der Waals surface area contributed by atoms with Crippen molar-refractivity contribution in [1.82, 2.24) is 10.2 Å². The molecule has 0 heterocycles. The zero-order chi connectivity index (χ0) is 25.3. The third-order valence-corrected chi connectivity index (χ3v) is 6.03. The first-order valence-corrected chi connectivity index (χ1v) is 12.2. The van der Waals surface area contributed by atoms with E-state index in [1.165, 1.54) is 0 Å². The monoisotopic (exact) mass is 483 g/mol. The normalized spacial score (nSPS) is 11.0. The molecule has 2 rings (SSSR count). The largest absolute Gasteiger partial charge is 0.493 e. The molecule has 2 aromatic carbocycles. The van der Waals surface area contributed by atoms with Crippen molar-refractivity contribution in [3.8, 4) is 5.75 Å². The molecule has 0 saturated carbocycles. The van der Waals surface area contributed by atoms with Gasteiger partial charge in [-0.1, -0.05) is 26.0 Å². The van der Waals surface area contributed by atoms with Crippen LogP contribution < -0.4 is 15.4 Å². The molecule has 0 spiro atoms.